The lowest BCUT2D eigenvalue weighted by Gasteiger charge is -2.28. The fourth-order valence-electron chi connectivity index (χ4n) is 3.01. The second-order valence-electron chi connectivity index (χ2n) is 6.57. The van der Waals surface area contributed by atoms with E-state index in [1.165, 1.54) is 11.3 Å². The number of amides is 1. The zero-order valence-electron chi connectivity index (χ0n) is 15.9. The Balaban J connectivity index is 2.09. The SMILES string of the molecule is [C-]#[N+]c1c(N2CCOCC2)sc(C(=O)NCC(O)CC)c1-c1ccc(Cl)c(Cl)c1. The van der Waals surface area contributed by atoms with Crippen molar-refractivity contribution in [2.75, 3.05) is 37.7 Å². The van der Waals surface area contributed by atoms with Crippen molar-refractivity contribution in [3.05, 3.63) is 44.5 Å². The van der Waals surface area contributed by atoms with Crippen LogP contribution in [0.15, 0.2) is 18.2 Å². The number of morpholine rings is 1. The Kier molecular flexibility index (Phi) is 7.38. The molecule has 1 aromatic heterocycles. The molecule has 3 rings (SSSR count). The zero-order chi connectivity index (χ0) is 21.0. The van der Waals surface area contributed by atoms with Crippen LogP contribution >= 0.6 is 34.5 Å². The smallest absolute Gasteiger partial charge is 0.260 e. The van der Waals surface area contributed by atoms with Crippen molar-refractivity contribution in [3.8, 4) is 11.1 Å². The average molecular weight is 454 g/mol. The van der Waals surface area contributed by atoms with E-state index in [1.807, 2.05) is 6.92 Å². The molecular weight excluding hydrogens is 433 g/mol. The number of hydrogen-bond acceptors (Lipinski definition) is 5. The summed E-state index contributed by atoms with van der Waals surface area (Å²) >= 11 is 13.5. The number of hydrogen-bond donors (Lipinski definition) is 2. The van der Waals surface area contributed by atoms with Crippen LogP contribution in [0.2, 0.25) is 10.0 Å². The van der Waals surface area contributed by atoms with Gasteiger partial charge in [0.25, 0.3) is 5.91 Å². The maximum absolute atomic E-state index is 13.0. The van der Waals surface area contributed by atoms with E-state index < -0.39 is 6.10 Å². The molecule has 9 heteroatoms. The third kappa shape index (κ3) is 4.85. The molecule has 0 saturated carbocycles. The number of carbonyl (C=O) groups is 1. The Bertz CT molecular complexity index is 936. The van der Waals surface area contributed by atoms with Crippen molar-refractivity contribution in [2.45, 2.75) is 19.4 Å². The van der Waals surface area contributed by atoms with Gasteiger partial charge in [-0.25, -0.2) is 4.85 Å². The number of nitrogens with one attached hydrogen (secondary N) is 1. The number of thiophene rings is 1. The summed E-state index contributed by atoms with van der Waals surface area (Å²) in [5.74, 6) is -0.326. The van der Waals surface area contributed by atoms with Gasteiger partial charge in [-0.2, -0.15) is 0 Å². The third-order valence-electron chi connectivity index (χ3n) is 4.66. The van der Waals surface area contributed by atoms with Crippen molar-refractivity contribution in [2.24, 2.45) is 0 Å². The first-order valence-electron chi connectivity index (χ1n) is 9.24. The van der Waals surface area contributed by atoms with E-state index in [4.69, 9.17) is 34.5 Å². The van der Waals surface area contributed by atoms with Gasteiger partial charge in [0.15, 0.2) is 0 Å². The molecule has 0 radical (unpaired) electrons. The van der Waals surface area contributed by atoms with E-state index in [9.17, 15) is 9.90 Å². The van der Waals surface area contributed by atoms with Crippen LogP contribution in [0.4, 0.5) is 10.7 Å². The van der Waals surface area contributed by atoms with E-state index in [0.717, 1.165) is 5.00 Å². The molecule has 0 spiro atoms. The predicted octanol–water partition coefficient (Wildman–Crippen LogP) is 4.61. The number of benzene rings is 1. The summed E-state index contributed by atoms with van der Waals surface area (Å²) in [5, 5.41) is 14.1. The van der Waals surface area contributed by atoms with E-state index in [1.54, 1.807) is 18.2 Å². The summed E-state index contributed by atoms with van der Waals surface area (Å²) in [7, 11) is 0. The van der Waals surface area contributed by atoms with Crippen molar-refractivity contribution in [1.29, 1.82) is 0 Å². The van der Waals surface area contributed by atoms with E-state index in [2.05, 4.69) is 15.1 Å². The Labute approximate surface area is 183 Å². The van der Waals surface area contributed by atoms with Gasteiger partial charge < -0.3 is 20.1 Å². The number of ether oxygens (including phenoxy) is 1. The minimum absolute atomic E-state index is 0.147. The first-order chi connectivity index (χ1) is 14.0. The minimum atomic E-state index is -0.619. The highest BCUT2D eigenvalue weighted by Crippen LogP contribution is 2.49. The summed E-state index contributed by atoms with van der Waals surface area (Å²) in [6, 6.07) is 5.08. The summed E-state index contributed by atoms with van der Waals surface area (Å²) < 4.78 is 5.42. The highest BCUT2D eigenvalue weighted by Gasteiger charge is 2.28. The van der Waals surface area contributed by atoms with Crippen molar-refractivity contribution < 1.29 is 14.6 Å². The molecule has 1 amide bonds. The Morgan fingerprint density at radius 2 is 2.10 bits per heavy atom. The van der Waals surface area contributed by atoms with E-state index >= 15 is 0 Å². The van der Waals surface area contributed by atoms with Crippen LogP contribution in [-0.4, -0.2) is 50.0 Å². The highest BCUT2D eigenvalue weighted by atomic mass is 35.5. The van der Waals surface area contributed by atoms with Crippen LogP contribution in [0.3, 0.4) is 0 Å². The van der Waals surface area contributed by atoms with Crippen LogP contribution < -0.4 is 10.2 Å². The topological polar surface area (TPSA) is 66.2 Å². The molecule has 154 valence electrons. The van der Waals surface area contributed by atoms with Gasteiger partial charge >= 0.3 is 0 Å². The number of nitrogens with zero attached hydrogens (tertiary/aromatic N) is 2. The highest BCUT2D eigenvalue weighted by molar-refractivity contribution is 7.19. The van der Waals surface area contributed by atoms with Crippen molar-refractivity contribution in [3.63, 3.8) is 0 Å². The Morgan fingerprint density at radius 1 is 1.38 bits per heavy atom. The lowest BCUT2D eigenvalue weighted by molar-refractivity contribution is 0.0918. The maximum atomic E-state index is 13.0. The number of carbonyl (C=O) groups excluding carboxylic acids is 1. The predicted molar refractivity (Wildman–Crippen MR) is 118 cm³/mol. The minimum Gasteiger partial charge on any atom is -0.391 e. The summed E-state index contributed by atoms with van der Waals surface area (Å²) in [4.78, 5) is 19.2. The lowest BCUT2D eigenvalue weighted by atomic mass is 10.0. The fourth-order valence-corrected chi connectivity index (χ4v) is 4.54. The van der Waals surface area contributed by atoms with Gasteiger partial charge in [-0.1, -0.05) is 36.2 Å². The number of anilines is 1. The number of aliphatic hydroxyl groups is 1. The molecule has 1 fully saturated rings. The lowest BCUT2D eigenvalue weighted by Crippen LogP contribution is -2.35. The second kappa shape index (κ2) is 9.79. The van der Waals surface area contributed by atoms with Crippen LogP contribution in [0.1, 0.15) is 23.0 Å². The molecule has 0 bridgehead atoms. The summed E-state index contributed by atoms with van der Waals surface area (Å²) in [5.41, 5.74) is 1.60. The van der Waals surface area contributed by atoms with Gasteiger partial charge in [0.2, 0.25) is 5.69 Å². The summed E-state index contributed by atoms with van der Waals surface area (Å²) in [6.07, 6.45) is -0.0807. The van der Waals surface area contributed by atoms with Crippen LogP contribution in [0, 0.1) is 6.57 Å². The normalized spacial score (nSPS) is 15.1. The number of aliphatic hydroxyl groups excluding tert-OH is 1. The van der Waals surface area contributed by atoms with Gasteiger partial charge in [-0.05, 0) is 24.1 Å². The van der Waals surface area contributed by atoms with Gasteiger partial charge in [0, 0.05) is 25.2 Å². The molecule has 2 N–H and O–H groups in total. The maximum Gasteiger partial charge on any atom is 0.260 e. The molecule has 6 nitrogen and oxygen atoms in total. The first kappa shape index (κ1) is 21.9. The quantitative estimate of drug-likeness (QED) is 0.626. The van der Waals surface area contributed by atoms with E-state index in [0.29, 0.717) is 64.5 Å². The van der Waals surface area contributed by atoms with Crippen LogP contribution in [0.5, 0.6) is 0 Å². The molecule has 1 aromatic carbocycles. The van der Waals surface area contributed by atoms with Gasteiger partial charge in [0.05, 0.1) is 45.8 Å². The average Bonchev–Trinajstić information content (AvgIpc) is 3.14. The fraction of sp³-hybridized carbons (Fsp3) is 0.400. The Hall–Kier alpha value is -1.82. The monoisotopic (exact) mass is 453 g/mol. The molecule has 1 saturated heterocycles. The standard InChI is InChI=1S/C20H21Cl2N3O3S/c1-3-13(26)11-24-19(27)18-16(12-4-5-14(21)15(22)10-12)17(23-2)20(29-18)25-6-8-28-9-7-25/h4-5,10,13,26H,3,6-9,11H2,1H3,(H,24,27). The molecule has 0 aliphatic carbocycles. The van der Waals surface area contributed by atoms with Gasteiger partial charge in [0.1, 0.15) is 0 Å². The third-order valence-corrected chi connectivity index (χ3v) is 6.64. The largest absolute Gasteiger partial charge is 0.391 e. The van der Waals surface area contributed by atoms with Gasteiger partial charge in [-0.15, -0.1) is 11.3 Å². The van der Waals surface area contributed by atoms with Crippen molar-refractivity contribution >= 4 is 51.1 Å². The van der Waals surface area contributed by atoms with E-state index in [-0.39, 0.29) is 12.5 Å². The van der Waals surface area contributed by atoms with Gasteiger partial charge in [-0.3, -0.25) is 4.79 Å². The van der Waals surface area contributed by atoms with Crippen molar-refractivity contribution in [1.82, 2.24) is 5.32 Å². The Morgan fingerprint density at radius 3 is 2.72 bits per heavy atom. The molecular formula is C20H21Cl2N3O3S. The summed E-state index contributed by atoms with van der Waals surface area (Å²) in [6.45, 7) is 12.2. The number of halogens is 2. The zero-order valence-corrected chi connectivity index (χ0v) is 18.2. The molecule has 29 heavy (non-hydrogen) atoms. The van der Waals surface area contributed by atoms with Crippen LogP contribution in [0.25, 0.3) is 16.0 Å². The molecule has 1 atom stereocenters. The molecule has 2 aromatic rings. The van der Waals surface area contributed by atoms with Crippen LogP contribution in [-0.2, 0) is 4.74 Å². The molecule has 1 aliphatic rings. The molecule has 2 heterocycles. The number of rotatable bonds is 6. The molecule has 1 unspecified atom stereocenters. The second-order valence-corrected chi connectivity index (χ2v) is 8.39. The first-order valence-corrected chi connectivity index (χ1v) is 10.8. The molecule has 1 aliphatic heterocycles.